The quantitative estimate of drug-likeness (QED) is 0.353. The molecule has 0 aliphatic heterocycles. The maximum absolute atomic E-state index is 14.1. The minimum atomic E-state index is -10.1. The van der Waals surface area contributed by atoms with Crippen molar-refractivity contribution < 1.29 is 23.8 Å². The SMILES string of the molecule is Cc1cc(C)c(-c2cc(C)c(-c3ccc(S(F)(F)(F)(F)F)c(F)c3)c(C)c2)c(C)c1. The second kappa shape index (κ2) is 6.30. The molecule has 0 spiro atoms. The molecule has 3 aromatic carbocycles. The van der Waals surface area contributed by atoms with Crippen molar-refractivity contribution in [2.75, 3.05) is 0 Å². The van der Waals surface area contributed by atoms with Gasteiger partial charge in [0.05, 0.1) is 0 Å². The lowest BCUT2D eigenvalue weighted by molar-refractivity contribution is 0.355. The molecular weight excluding hydrogens is 422 g/mol. The fourth-order valence-corrected chi connectivity index (χ4v) is 4.92. The Labute approximate surface area is 172 Å². The summed E-state index contributed by atoms with van der Waals surface area (Å²) < 4.78 is 79.1. The van der Waals surface area contributed by atoms with Crippen LogP contribution in [0.5, 0.6) is 0 Å². The molecule has 0 aliphatic rings. The first-order valence-electron chi connectivity index (χ1n) is 9.21. The topological polar surface area (TPSA) is 0 Å². The number of benzene rings is 3. The molecule has 7 heteroatoms. The molecule has 3 aromatic rings. The van der Waals surface area contributed by atoms with Gasteiger partial charge in [-0.3, -0.25) is 0 Å². The van der Waals surface area contributed by atoms with Crippen LogP contribution in [-0.4, -0.2) is 0 Å². The van der Waals surface area contributed by atoms with Gasteiger partial charge in [0.15, 0.2) is 0 Å². The summed E-state index contributed by atoms with van der Waals surface area (Å²) in [7, 11) is -10.1. The lowest BCUT2D eigenvalue weighted by Gasteiger charge is -2.40. The van der Waals surface area contributed by atoms with Crippen molar-refractivity contribution in [3.8, 4) is 22.3 Å². The van der Waals surface area contributed by atoms with Gasteiger partial charge in [-0.05, 0) is 91.3 Å². The number of hydrogen-bond donors (Lipinski definition) is 0. The monoisotopic (exact) mass is 444 g/mol. The summed E-state index contributed by atoms with van der Waals surface area (Å²) in [6.45, 7) is 9.54. The highest BCUT2D eigenvalue weighted by Crippen LogP contribution is 3.02. The Kier molecular flexibility index (Phi) is 4.68. The first kappa shape index (κ1) is 22.3. The molecule has 30 heavy (non-hydrogen) atoms. The summed E-state index contributed by atoms with van der Waals surface area (Å²) in [5.41, 5.74) is 7.38. The van der Waals surface area contributed by atoms with Gasteiger partial charge in [0.25, 0.3) is 0 Å². The van der Waals surface area contributed by atoms with E-state index in [0.29, 0.717) is 22.8 Å². The minimum Gasteiger partial charge on any atom is -0.205 e. The van der Waals surface area contributed by atoms with Crippen molar-refractivity contribution in [2.45, 2.75) is 39.5 Å². The van der Waals surface area contributed by atoms with Crippen LogP contribution in [0.4, 0.5) is 23.8 Å². The smallest absolute Gasteiger partial charge is 0.205 e. The van der Waals surface area contributed by atoms with Crippen molar-refractivity contribution in [3.63, 3.8) is 0 Å². The predicted molar refractivity (Wildman–Crippen MR) is 112 cm³/mol. The van der Waals surface area contributed by atoms with Gasteiger partial charge in [-0.2, -0.15) is 0 Å². The summed E-state index contributed by atoms with van der Waals surface area (Å²) in [5.74, 6) is -1.97. The number of aryl methyl sites for hydroxylation is 5. The summed E-state index contributed by atoms with van der Waals surface area (Å²) in [5, 5.41) is 0. The van der Waals surface area contributed by atoms with Crippen LogP contribution in [0.15, 0.2) is 47.4 Å². The van der Waals surface area contributed by atoms with E-state index in [1.54, 1.807) is 13.8 Å². The third kappa shape index (κ3) is 4.21. The Hall–Kier alpha value is -2.41. The maximum Gasteiger partial charge on any atom is 0.313 e. The van der Waals surface area contributed by atoms with E-state index in [1.165, 1.54) is 0 Å². The standard InChI is InChI=1S/C23H22F6S/c1-13-8-14(2)23(15(3)9-13)19-10-16(4)22(17(5)11-19)18-6-7-21(20(24)12-18)30(25,26,27,28)29/h6-12H,1-5H3. The molecule has 0 saturated heterocycles. The lowest BCUT2D eigenvalue weighted by Crippen LogP contribution is -2.08. The summed E-state index contributed by atoms with van der Waals surface area (Å²) >= 11 is 0. The van der Waals surface area contributed by atoms with Crippen LogP contribution in [0.1, 0.15) is 27.8 Å². The van der Waals surface area contributed by atoms with E-state index in [9.17, 15) is 23.8 Å². The number of halogens is 6. The normalized spacial score (nSPS) is 14.4. The molecule has 0 N–H and O–H groups in total. The number of hydrogen-bond acceptors (Lipinski definition) is 0. The largest absolute Gasteiger partial charge is 0.313 e. The van der Waals surface area contributed by atoms with E-state index in [4.69, 9.17) is 0 Å². The molecule has 0 atom stereocenters. The zero-order valence-corrected chi connectivity index (χ0v) is 18.0. The Balaban J connectivity index is 2.16. The van der Waals surface area contributed by atoms with Gasteiger partial charge in [-0.25, -0.2) is 4.39 Å². The Morgan fingerprint density at radius 3 is 1.43 bits per heavy atom. The van der Waals surface area contributed by atoms with Gasteiger partial charge < -0.3 is 0 Å². The van der Waals surface area contributed by atoms with Gasteiger partial charge in [0, 0.05) is 0 Å². The van der Waals surface area contributed by atoms with Gasteiger partial charge >= 0.3 is 10.2 Å². The average molecular weight is 444 g/mol. The highest BCUT2D eigenvalue weighted by atomic mass is 32.5. The van der Waals surface area contributed by atoms with E-state index in [2.05, 4.69) is 12.1 Å². The minimum absolute atomic E-state index is 0.122. The van der Waals surface area contributed by atoms with Gasteiger partial charge in [-0.1, -0.05) is 55.3 Å². The molecule has 162 valence electrons. The van der Waals surface area contributed by atoms with Crippen LogP contribution in [0.2, 0.25) is 0 Å². The summed E-state index contributed by atoms with van der Waals surface area (Å²) in [6, 6.07) is 9.45. The second-order valence-corrected chi connectivity index (χ2v) is 10.3. The first-order chi connectivity index (χ1) is 13.5. The lowest BCUT2D eigenvalue weighted by atomic mass is 9.88. The Morgan fingerprint density at radius 2 is 1.00 bits per heavy atom. The highest BCUT2D eigenvalue weighted by molar-refractivity contribution is 8.45. The molecule has 0 aromatic heterocycles. The molecule has 0 nitrogen and oxygen atoms in total. The first-order valence-corrected chi connectivity index (χ1v) is 11.2. The van der Waals surface area contributed by atoms with Gasteiger partial charge in [0.2, 0.25) is 0 Å². The average Bonchev–Trinajstić information content (AvgIpc) is 2.50. The Morgan fingerprint density at radius 1 is 0.567 bits per heavy atom. The maximum atomic E-state index is 14.1. The molecule has 3 rings (SSSR count). The zero-order valence-electron chi connectivity index (χ0n) is 17.2. The van der Waals surface area contributed by atoms with E-state index < -0.39 is 20.9 Å². The van der Waals surface area contributed by atoms with Crippen LogP contribution < -0.4 is 0 Å². The molecule has 0 saturated carbocycles. The molecule has 0 aliphatic carbocycles. The van der Waals surface area contributed by atoms with Crippen molar-refractivity contribution in [2.24, 2.45) is 0 Å². The van der Waals surface area contributed by atoms with E-state index in [1.807, 2.05) is 32.9 Å². The molecule has 0 radical (unpaired) electrons. The van der Waals surface area contributed by atoms with Crippen LogP contribution >= 0.6 is 10.2 Å². The summed E-state index contributed by atoms with van der Waals surface area (Å²) in [4.78, 5) is -2.49. The fourth-order valence-electron chi connectivity index (χ4n) is 4.17. The van der Waals surface area contributed by atoms with Gasteiger partial charge in [-0.15, -0.1) is 0 Å². The molecular formula is C23H22F6S. The Bertz CT molecular complexity index is 1130. The molecule has 0 fully saturated rings. The molecule has 0 heterocycles. The van der Waals surface area contributed by atoms with Crippen LogP contribution in [-0.2, 0) is 0 Å². The van der Waals surface area contributed by atoms with Crippen LogP contribution in [0.3, 0.4) is 0 Å². The van der Waals surface area contributed by atoms with E-state index in [-0.39, 0.29) is 11.6 Å². The molecule has 0 unspecified atom stereocenters. The van der Waals surface area contributed by atoms with Gasteiger partial charge in [0.1, 0.15) is 10.7 Å². The molecule has 0 amide bonds. The van der Waals surface area contributed by atoms with Crippen LogP contribution in [0, 0.1) is 40.4 Å². The zero-order chi connectivity index (χ0) is 22.7. The fraction of sp³-hybridized carbons (Fsp3) is 0.217. The van der Waals surface area contributed by atoms with Crippen molar-refractivity contribution in [1.29, 1.82) is 0 Å². The summed E-state index contributed by atoms with van der Waals surface area (Å²) in [6.07, 6.45) is 0. The predicted octanol–water partition coefficient (Wildman–Crippen LogP) is 9.36. The van der Waals surface area contributed by atoms with Crippen molar-refractivity contribution in [1.82, 2.24) is 0 Å². The van der Waals surface area contributed by atoms with Crippen molar-refractivity contribution >= 4 is 10.2 Å². The highest BCUT2D eigenvalue weighted by Gasteiger charge is 2.67. The van der Waals surface area contributed by atoms with E-state index in [0.717, 1.165) is 33.9 Å². The third-order valence-corrected chi connectivity index (χ3v) is 6.30. The van der Waals surface area contributed by atoms with Crippen molar-refractivity contribution in [3.05, 3.63) is 76.1 Å². The van der Waals surface area contributed by atoms with Crippen LogP contribution in [0.25, 0.3) is 22.3 Å². The van der Waals surface area contributed by atoms with E-state index >= 15 is 0 Å². The second-order valence-electron chi connectivity index (χ2n) is 7.87. The third-order valence-electron chi connectivity index (χ3n) is 5.13. The molecule has 0 bridgehead atoms. The number of rotatable bonds is 3.